The molecule has 0 aliphatic carbocycles. The lowest BCUT2D eigenvalue weighted by molar-refractivity contribution is 0.634. The Morgan fingerprint density at radius 3 is 2.90 bits per heavy atom. The summed E-state index contributed by atoms with van der Waals surface area (Å²) < 4.78 is 38.3. The summed E-state index contributed by atoms with van der Waals surface area (Å²) in [6.07, 6.45) is 0. The van der Waals surface area contributed by atoms with Gasteiger partial charge in [0.25, 0.3) is 0 Å². The highest BCUT2D eigenvalue weighted by Crippen LogP contribution is 2.14. The molecule has 2 nitrogen and oxygen atoms in total. The van der Waals surface area contributed by atoms with Crippen molar-refractivity contribution in [3.63, 3.8) is 0 Å². The maximum absolute atomic E-state index is 7.57. The molecule has 0 aliphatic rings. The van der Waals surface area contributed by atoms with E-state index in [4.69, 9.17) is 6.85 Å². The van der Waals surface area contributed by atoms with Crippen LogP contribution >= 0.6 is 22.6 Å². The van der Waals surface area contributed by atoms with Gasteiger partial charge >= 0.3 is 0 Å². The van der Waals surface area contributed by atoms with Crippen LogP contribution in [-0.4, -0.2) is 9.78 Å². The van der Waals surface area contributed by atoms with Crippen molar-refractivity contribution in [3.8, 4) is 0 Å². The Bertz CT molecular complexity index is 381. The van der Waals surface area contributed by atoms with Gasteiger partial charge in [0, 0.05) is 16.3 Å². The SMILES string of the molecule is [2H]C([2H])([2H])C([2H])([2H])n1nc(C)c(I)c1C. The lowest BCUT2D eigenvalue weighted by Gasteiger charge is -1.96. The van der Waals surface area contributed by atoms with Gasteiger partial charge in [0.2, 0.25) is 0 Å². The van der Waals surface area contributed by atoms with E-state index >= 15 is 0 Å². The van der Waals surface area contributed by atoms with Gasteiger partial charge in [-0.2, -0.15) is 5.10 Å². The number of aromatic nitrogens is 2. The van der Waals surface area contributed by atoms with Crippen LogP contribution in [0.25, 0.3) is 0 Å². The largest absolute Gasteiger partial charge is 0.269 e. The maximum Gasteiger partial charge on any atom is 0.0729 e. The summed E-state index contributed by atoms with van der Waals surface area (Å²) >= 11 is 2.02. The van der Waals surface area contributed by atoms with Crippen LogP contribution in [0.2, 0.25) is 0 Å². The monoisotopic (exact) mass is 255 g/mol. The van der Waals surface area contributed by atoms with Gasteiger partial charge in [0.15, 0.2) is 0 Å². The standard InChI is InChI=1S/C7H11IN2/c1-4-10-6(3)7(8)5(2)9-10/h4H2,1-3H3/i1D3,4D2. The van der Waals surface area contributed by atoms with E-state index in [9.17, 15) is 0 Å². The number of rotatable bonds is 1. The molecule has 1 aromatic rings. The second-order valence-electron chi connectivity index (χ2n) is 2.01. The normalized spacial score (nSPS) is 20.5. The van der Waals surface area contributed by atoms with Gasteiger partial charge in [-0.1, -0.05) is 0 Å². The van der Waals surface area contributed by atoms with E-state index in [1.165, 1.54) is 0 Å². The maximum atomic E-state index is 7.57. The molecule has 56 valence electrons. The Morgan fingerprint density at radius 1 is 1.80 bits per heavy atom. The van der Waals surface area contributed by atoms with E-state index < -0.39 is 13.3 Å². The summed E-state index contributed by atoms with van der Waals surface area (Å²) in [5, 5.41) is 3.92. The third kappa shape index (κ3) is 1.19. The average molecular weight is 255 g/mol. The van der Waals surface area contributed by atoms with Gasteiger partial charge in [-0.25, -0.2) is 0 Å². The molecule has 0 saturated carbocycles. The molecule has 1 rings (SSSR count). The molecule has 0 saturated heterocycles. The highest BCUT2D eigenvalue weighted by atomic mass is 127. The molecule has 0 N–H and O–H groups in total. The van der Waals surface area contributed by atoms with Gasteiger partial charge < -0.3 is 0 Å². The molecule has 0 aromatic carbocycles. The average Bonchev–Trinajstić information content (AvgIpc) is 2.31. The van der Waals surface area contributed by atoms with Crippen LogP contribution in [0.3, 0.4) is 0 Å². The summed E-state index contributed by atoms with van der Waals surface area (Å²) in [6.45, 7) is -1.81. The van der Waals surface area contributed by atoms with Gasteiger partial charge in [0.05, 0.1) is 12.0 Å². The van der Waals surface area contributed by atoms with Crippen LogP contribution in [0.15, 0.2) is 0 Å². The predicted molar refractivity (Wildman–Crippen MR) is 50.1 cm³/mol. The summed E-state index contributed by atoms with van der Waals surface area (Å²) in [5.74, 6) is 0. The summed E-state index contributed by atoms with van der Waals surface area (Å²) in [7, 11) is 0. The Labute approximate surface area is 81.8 Å². The third-order valence-corrected chi connectivity index (χ3v) is 2.87. The lowest BCUT2D eigenvalue weighted by atomic mass is 10.4. The van der Waals surface area contributed by atoms with E-state index in [1.54, 1.807) is 13.8 Å². The minimum atomic E-state index is -2.72. The molecule has 10 heavy (non-hydrogen) atoms. The van der Waals surface area contributed by atoms with Crippen molar-refractivity contribution >= 4 is 22.6 Å². The summed E-state index contributed by atoms with van der Waals surface area (Å²) in [4.78, 5) is 0. The van der Waals surface area contributed by atoms with Crippen molar-refractivity contribution in [2.75, 3.05) is 0 Å². The smallest absolute Gasteiger partial charge is 0.0729 e. The fourth-order valence-electron chi connectivity index (χ4n) is 0.733. The molecular weight excluding hydrogens is 239 g/mol. The molecule has 1 aromatic heterocycles. The second kappa shape index (κ2) is 2.90. The van der Waals surface area contributed by atoms with Gasteiger partial charge in [-0.15, -0.1) is 0 Å². The van der Waals surface area contributed by atoms with Crippen LogP contribution in [0.4, 0.5) is 0 Å². The van der Waals surface area contributed by atoms with Crippen LogP contribution in [0, 0.1) is 17.4 Å². The first-order chi connectivity index (χ1) is 6.59. The van der Waals surface area contributed by atoms with Crippen LogP contribution < -0.4 is 0 Å². The van der Waals surface area contributed by atoms with E-state index in [2.05, 4.69) is 5.10 Å². The molecule has 0 atom stereocenters. The van der Waals surface area contributed by atoms with Crippen molar-refractivity contribution in [2.24, 2.45) is 0 Å². The zero-order valence-corrected chi connectivity index (χ0v) is 7.93. The van der Waals surface area contributed by atoms with E-state index in [0.29, 0.717) is 11.4 Å². The zero-order valence-electron chi connectivity index (χ0n) is 10.8. The topological polar surface area (TPSA) is 17.8 Å². The number of hydrogen-bond acceptors (Lipinski definition) is 1. The van der Waals surface area contributed by atoms with Gasteiger partial charge in [-0.3, -0.25) is 4.68 Å². The van der Waals surface area contributed by atoms with E-state index in [1.807, 2.05) is 22.6 Å². The molecule has 0 aliphatic heterocycles. The minimum Gasteiger partial charge on any atom is -0.269 e. The minimum absolute atomic E-state index is 0.536. The molecule has 0 radical (unpaired) electrons. The fraction of sp³-hybridized carbons (Fsp3) is 0.571. The van der Waals surface area contributed by atoms with Crippen molar-refractivity contribution in [3.05, 3.63) is 15.0 Å². The zero-order chi connectivity index (χ0) is 12.0. The van der Waals surface area contributed by atoms with Gasteiger partial charge in [0.1, 0.15) is 0 Å². The van der Waals surface area contributed by atoms with Crippen molar-refractivity contribution < 1.29 is 6.85 Å². The number of hydrogen-bond donors (Lipinski definition) is 0. The van der Waals surface area contributed by atoms with Crippen molar-refractivity contribution in [2.45, 2.75) is 27.2 Å². The Hall–Kier alpha value is -0.0600. The first kappa shape index (κ1) is 3.56. The third-order valence-electron chi connectivity index (χ3n) is 1.31. The van der Waals surface area contributed by atoms with Crippen molar-refractivity contribution in [1.82, 2.24) is 9.78 Å². The number of aryl methyl sites for hydroxylation is 2. The molecule has 1 heterocycles. The summed E-state index contributed by atoms with van der Waals surface area (Å²) in [6, 6.07) is 0. The van der Waals surface area contributed by atoms with Gasteiger partial charge in [-0.05, 0) is 43.3 Å². The lowest BCUT2D eigenvalue weighted by Crippen LogP contribution is -1.98. The molecule has 3 heteroatoms. The number of nitrogens with zero attached hydrogens (tertiary/aromatic N) is 2. The first-order valence-corrected chi connectivity index (χ1v) is 3.89. The molecule has 0 fully saturated rings. The molecule has 0 bridgehead atoms. The van der Waals surface area contributed by atoms with Crippen molar-refractivity contribution in [1.29, 1.82) is 0 Å². The summed E-state index contributed by atoms with van der Waals surface area (Å²) in [5.41, 5.74) is 1.18. The quantitative estimate of drug-likeness (QED) is 0.703. The molecular formula is C7H11IN2. The van der Waals surface area contributed by atoms with E-state index in [0.717, 1.165) is 8.25 Å². The second-order valence-corrected chi connectivity index (χ2v) is 3.09. The Kier molecular flexibility index (Phi) is 1.03. The Balaban J connectivity index is 3.34. The number of halogens is 1. The van der Waals surface area contributed by atoms with E-state index in [-0.39, 0.29) is 0 Å². The van der Waals surface area contributed by atoms with Crippen LogP contribution in [-0.2, 0) is 6.50 Å². The highest BCUT2D eigenvalue weighted by Gasteiger charge is 2.05. The van der Waals surface area contributed by atoms with Crippen LogP contribution in [0.1, 0.15) is 25.1 Å². The molecule has 0 spiro atoms. The molecule has 0 amide bonds. The predicted octanol–water partition coefficient (Wildman–Crippen LogP) is 2.12. The fourth-order valence-corrected chi connectivity index (χ4v) is 1.07. The molecule has 0 unspecified atom stereocenters. The first-order valence-electron chi connectivity index (χ1n) is 5.31. The van der Waals surface area contributed by atoms with Crippen LogP contribution in [0.5, 0.6) is 0 Å². The highest BCUT2D eigenvalue weighted by molar-refractivity contribution is 14.1. The Morgan fingerprint density at radius 2 is 2.50 bits per heavy atom.